The number of nitrogens with zero attached hydrogens (tertiary/aromatic N) is 1. The summed E-state index contributed by atoms with van der Waals surface area (Å²) in [5, 5.41) is 8.99. The molecule has 1 aliphatic heterocycles. The zero-order valence-corrected chi connectivity index (χ0v) is 17.0. The van der Waals surface area contributed by atoms with Gasteiger partial charge < -0.3 is 24.6 Å². The van der Waals surface area contributed by atoms with Crippen LogP contribution in [0.15, 0.2) is 22.7 Å². The van der Waals surface area contributed by atoms with E-state index in [1.54, 1.807) is 32.0 Å². The molecule has 1 aliphatic rings. The van der Waals surface area contributed by atoms with Crippen molar-refractivity contribution in [3.05, 3.63) is 29.0 Å². The number of hydrogen-bond acceptors (Lipinski definition) is 7. The highest BCUT2D eigenvalue weighted by molar-refractivity contribution is 8.01. The van der Waals surface area contributed by atoms with Gasteiger partial charge in [0.25, 0.3) is 0 Å². The first kappa shape index (κ1) is 20.3. The minimum atomic E-state index is -0.456. The first-order chi connectivity index (χ1) is 13.4. The van der Waals surface area contributed by atoms with Gasteiger partial charge in [0.05, 0.1) is 34.9 Å². The lowest BCUT2D eigenvalue weighted by atomic mass is 10.2. The van der Waals surface area contributed by atoms with Crippen molar-refractivity contribution in [1.29, 1.82) is 0 Å². The number of ether oxygens (including phenoxy) is 2. The number of anilines is 2. The van der Waals surface area contributed by atoms with E-state index in [-0.39, 0.29) is 17.6 Å². The third kappa shape index (κ3) is 5.32. The van der Waals surface area contributed by atoms with Crippen molar-refractivity contribution in [2.24, 2.45) is 0 Å². The van der Waals surface area contributed by atoms with Crippen LogP contribution >= 0.6 is 23.4 Å². The van der Waals surface area contributed by atoms with Crippen LogP contribution in [-0.2, 0) is 9.59 Å². The first-order valence-corrected chi connectivity index (χ1v) is 10.1. The molecule has 0 aliphatic carbocycles. The highest BCUT2D eigenvalue weighted by Gasteiger charge is 2.19. The number of nitrogens with one attached hydrogen (secondary N) is 2. The van der Waals surface area contributed by atoms with Crippen LogP contribution in [0.25, 0.3) is 0 Å². The molecule has 0 bridgehead atoms. The first-order valence-electron chi connectivity index (χ1n) is 8.67. The van der Waals surface area contributed by atoms with Crippen molar-refractivity contribution in [2.45, 2.75) is 25.5 Å². The van der Waals surface area contributed by atoms with Crippen LogP contribution in [0.2, 0.25) is 5.02 Å². The van der Waals surface area contributed by atoms with Crippen molar-refractivity contribution in [1.82, 2.24) is 5.16 Å². The summed E-state index contributed by atoms with van der Waals surface area (Å²) in [6.07, 6.45) is 0.776. The number of halogens is 1. The fourth-order valence-corrected chi connectivity index (χ4v) is 3.28. The second-order valence-electron chi connectivity index (χ2n) is 6.14. The number of aromatic nitrogens is 1. The normalized spacial score (nSPS) is 14.1. The molecule has 10 heteroatoms. The standard InChI is InChI=1S/C18H20ClN3O5S/c1-10-6-16(22-27-10)21-18(24)11(2)28-9-17(23)20-13-8-15-14(7-12(13)19)25-4-3-5-26-15/h6-8,11H,3-5,9H2,1-2H3,(H,20,23)(H,21,22,24)/t11-/m1/s1. The van der Waals surface area contributed by atoms with Crippen molar-refractivity contribution in [2.75, 3.05) is 29.6 Å². The summed E-state index contributed by atoms with van der Waals surface area (Å²) >= 11 is 7.42. The molecular formula is C18H20ClN3O5S. The van der Waals surface area contributed by atoms with Crippen LogP contribution in [0.5, 0.6) is 11.5 Å². The van der Waals surface area contributed by atoms with Gasteiger partial charge in [0.1, 0.15) is 5.76 Å². The van der Waals surface area contributed by atoms with Crippen LogP contribution in [-0.4, -0.2) is 41.2 Å². The lowest BCUT2D eigenvalue weighted by molar-refractivity contribution is -0.115. The molecule has 2 amide bonds. The van der Waals surface area contributed by atoms with Gasteiger partial charge in [-0.3, -0.25) is 9.59 Å². The fraction of sp³-hybridized carbons (Fsp3) is 0.389. The van der Waals surface area contributed by atoms with E-state index in [2.05, 4.69) is 15.8 Å². The topological polar surface area (TPSA) is 103 Å². The van der Waals surface area contributed by atoms with Gasteiger partial charge in [-0.25, -0.2) is 0 Å². The zero-order chi connectivity index (χ0) is 20.1. The number of fused-ring (bicyclic) bond motifs is 1. The van der Waals surface area contributed by atoms with E-state index in [1.165, 1.54) is 11.8 Å². The van der Waals surface area contributed by atoms with Crippen LogP contribution in [0.4, 0.5) is 11.5 Å². The van der Waals surface area contributed by atoms with Gasteiger partial charge in [-0.15, -0.1) is 11.8 Å². The Hall–Kier alpha value is -2.39. The van der Waals surface area contributed by atoms with Gasteiger partial charge in [-0.2, -0.15) is 0 Å². The molecule has 3 rings (SSSR count). The minimum absolute atomic E-state index is 0.0806. The number of aryl methyl sites for hydroxylation is 1. The molecule has 1 aromatic heterocycles. The van der Waals surface area contributed by atoms with E-state index in [9.17, 15) is 9.59 Å². The number of benzene rings is 1. The Bertz CT molecular complexity index is 873. The molecule has 0 fully saturated rings. The maximum absolute atomic E-state index is 12.3. The second kappa shape index (κ2) is 9.20. The largest absolute Gasteiger partial charge is 0.490 e. The van der Waals surface area contributed by atoms with Gasteiger partial charge in [0, 0.05) is 24.6 Å². The van der Waals surface area contributed by atoms with Crippen molar-refractivity contribution in [3.63, 3.8) is 0 Å². The monoisotopic (exact) mass is 425 g/mol. The lowest BCUT2D eigenvalue weighted by Gasteiger charge is -2.13. The second-order valence-corrected chi connectivity index (χ2v) is 7.88. The van der Waals surface area contributed by atoms with Gasteiger partial charge in [0.2, 0.25) is 11.8 Å². The molecule has 8 nitrogen and oxygen atoms in total. The molecule has 1 atom stereocenters. The van der Waals surface area contributed by atoms with Crippen LogP contribution < -0.4 is 20.1 Å². The van der Waals surface area contributed by atoms with E-state index < -0.39 is 5.25 Å². The number of rotatable bonds is 6. The van der Waals surface area contributed by atoms with Gasteiger partial charge >= 0.3 is 0 Å². The molecule has 0 saturated heterocycles. The average Bonchev–Trinajstić information content (AvgIpc) is 2.93. The van der Waals surface area contributed by atoms with E-state index in [0.29, 0.717) is 47.0 Å². The molecule has 0 unspecified atom stereocenters. The summed E-state index contributed by atoms with van der Waals surface area (Å²) in [5.41, 5.74) is 0.437. The lowest BCUT2D eigenvalue weighted by Crippen LogP contribution is -2.25. The van der Waals surface area contributed by atoms with E-state index in [0.717, 1.165) is 6.42 Å². The average molecular weight is 426 g/mol. The summed E-state index contributed by atoms with van der Waals surface area (Å²) in [6.45, 7) is 4.53. The molecule has 0 saturated carbocycles. The predicted octanol–water partition coefficient (Wildman–Crippen LogP) is 3.50. The smallest absolute Gasteiger partial charge is 0.238 e. The van der Waals surface area contributed by atoms with Gasteiger partial charge in [-0.1, -0.05) is 16.8 Å². The summed E-state index contributed by atoms with van der Waals surface area (Å²) in [5.74, 6) is 1.58. The number of carbonyl (C=O) groups excluding carboxylic acids is 2. The SMILES string of the molecule is Cc1cc(NC(=O)[C@@H](C)SCC(=O)Nc2cc3c(cc2Cl)OCCCO3)no1. The molecule has 1 aromatic carbocycles. The Balaban J connectivity index is 1.52. The third-order valence-electron chi connectivity index (χ3n) is 3.82. The number of amides is 2. The van der Waals surface area contributed by atoms with Crippen LogP contribution in [0.3, 0.4) is 0 Å². The molecule has 2 aromatic rings. The summed E-state index contributed by atoms with van der Waals surface area (Å²) in [4.78, 5) is 24.4. The summed E-state index contributed by atoms with van der Waals surface area (Å²) < 4.78 is 16.1. The maximum atomic E-state index is 12.3. The Labute approximate surface area is 171 Å². The molecule has 0 spiro atoms. The highest BCUT2D eigenvalue weighted by Crippen LogP contribution is 2.37. The van der Waals surface area contributed by atoms with E-state index >= 15 is 0 Å². The minimum Gasteiger partial charge on any atom is -0.490 e. The Kier molecular flexibility index (Phi) is 6.69. The van der Waals surface area contributed by atoms with Crippen molar-refractivity contribution < 1.29 is 23.6 Å². The maximum Gasteiger partial charge on any atom is 0.238 e. The van der Waals surface area contributed by atoms with Crippen LogP contribution in [0, 0.1) is 6.92 Å². The zero-order valence-electron chi connectivity index (χ0n) is 15.4. The van der Waals surface area contributed by atoms with E-state index in [4.69, 9.17) is 25.6 Å². The molecule has 0 radical (unpaired) electrons. The molecule has 28 heavy (non-hydrogen) atoms. The van der Waals surface area contributed by atoms with Gasteiger partial charge in [0.15, 0.2) is 17.3 Å². The summed E-state index contributed by atoms with van der Waals surface area (Å²) in [6, 6.07) is 4.89. The third-order valence-corrected chi connectivity index (χ3v) is 5.28. The summed E-state index contributed by atoms with van der Waals surface area (Å²) in [7, 11) is 0. The van der Waals surface area contributed by atoms with E-state index in [1.807, 2.05) is 0 Å². The number of carbonyl (C=O) groups is 2. The molecular weight excluding hydrogens is 406 g/mol. The quantitative estimate of drug-likeness (QED) is 0.730. The molecule has 2 heterocycles. The Morgan fingerprint density at radius 2 is 1.93 bits per heavy atom. The Morgan fingerprint density at radius 1 is 1.21 bits per heavy atom. The van der Waals surface area contributed by atoms with Crippen LogP contribution in [0.1, 0.15) is 19.1 Å². The van der Waals surface area contributed by atoms with Crippen molar-refractivity contribution >= 4 is 46.7 Å². The Morgan fingerprint density at radius 3 is 2.61 bits per heavy atom. The highest BCUT2D eigenvalue weighted by atomic mass is 35.5. The van der Waals surface area contributed by atoms with Gasteiger partial charge in [-0.05, 0) is 13.8 Å². The predicted molar refractivity (Wildman–Crippen MR) is 107 cm³/mol. The number of thioether (sulfide) groups is 1. The fourth-order valence-electron chi connectivity index (χ4n) is 2.40. The molecule has 2 N–H and O–H groups in total. The van der Waals surface area contributed by atoms with Crippen molar-refractivity contribution in [3.8, 4) is 11.5 Å². The number of hydrogen-bond donors (Lipinski definition) is 2. The molecule has 150 valence electrons.